The van der Waals surface area contributed by atoms with E-state index in [9.17, 15) is 4.79 Å². The highest BCUT2D eigenvalue weighted by atomic mass is 16.4. The van der Waals surface area contributed by atoms with Crippen LogP contribution in [0.4, 0.5) is 5.82 Å². The van der Waals surface area contributed by atoms with E-state index in [1.54, 1.807) is 0 Å². The zero-order chi connectivity index (χ0) is 11.8. The number of aromatic nitrogens is 2. The summed E-state index contributed by atoms with van der Waals surface area (Å²) < 4.78 is 0. The normalized spacial score (nSPS) is 10.1. The summed E-state index contributed by atoms with van der Waals surface area (Å²) >= 11 is 0. The van der Waals surface area contributed by atoms with Crippen LogP contribution in [0.5, 0.6) is 0 Å². The van der Waals surface area contributed by atoms with E-state index in [4.69, 9.17) is 5.11 Å². The van der Waals surface area contributed by atoms with E-state index in [2.05, 4.69) is 22.4 Å². The Kier molecular flexibility index (Phi) is 5.25. The molecule has 0 aliphatic heterocycles. The molecule has 0 aliphatic rings. The SMILES string of the molecule is CCCCCCNc1nnccc1C(=O)O. The standard InChI is InChI=1S/C11H17N3O2/c1-2-3-4-5-7-12-10-9(11(15)16)6-8-13-14-10/h6,8H,2-5,7H2,1H3,(H,12,14)(H,15,16). The van der Waals surface area contributed by atoms with E-state index in [-0.39, 0.29) is 5.56 Å². The number of hydrogen-bond donors (Lipinski definition) is 2. The van der Waals surface area contributed by atoms with Crippen molar-refractivity contribution >= 4 is 11.8 Å². The monoisotopic (exact) mass is 223 g/mol. The minimum Gasteiger partial charge on any atom is -0.478 e. The fourth-order valence-electron chi connectivity index (χ4n) is 1.39. The van der Waals surface area contributed by atoms with E-state index in [1.807, 2.05) is 0 Å². The average Bonchev–Trinajstić information content (AvgIpc) is 2.29. The molecule has 1 heterocycles. The van der Waals surface area contributed by atoms with E-state index in [0.717, 1.165) is 19.4 Å². The lowest BCUT2D eigenvalue weighted by atomic mass is 10.2. The van der Waals surface area contributed by atoms with Crippen LogP contribution >= 0.6 is 0 Å². The molecular weight excluding hydrogens is 206 g/mol. The van der Waals surface area contributed by atoms with Gasteiger partial charge < -0.3 is 10.4 Å². The number of anilines is 1. The van der Waals surface area contributed by atoms with Crippen LogP contribution in [0.3, 0.4) is 0 Å². The van der Waals surface area contributed by atoms with Gasteiger partial charge in [0.25, 0.3) is 0 Å². The predicted octanol–water partition coefficient (Wildman–Crippen LogP) is 2.17. The third kappa shape index (κ3) is 3.84. The molecule has 0 atom stereocenters. The molecule has 0 unspecified atom stereocenters. The maximum Gasteiger partial charge on any atom is 0.339 e. The van der Waals surface area contributed by atoms with Gasteiger partial charge in [-0.1, -0.05) is 26.2 Å². The van der Waals surface area contributed by atoms with Crippen molar-refractivity contribution in [3.63, 3.8) is 0 Å². The van der Waals surface area contributed by atoms with E-state index in [1.165, 1.54) is 25.1 Å². The molecule has 0 saturated carbocycles. The first-order chi connectivity index (χ1) is 7.75. The van der Waals surface area contributed by atoms with Gasteiger partial charge in [0.1, 0.15) is 5.56 Å². The first-order valence-corrected chi connectivity index (χ1v) is 5.54. The summed E-state index contributed by atoms with van der Waals surface area (Å²) in [6.07, 6.45) is 5.93. The number of nitrogens with zero attached hydrogens (tertiary/aromatic N) is 2. The van der Waals surface area contributed by atoms with Crippen molar-refractivity contribution in [3.05, 3.63) is 17.8 Å². The van der Waals surface area contributed by atoms with Crippen LogP contribution in [-0.4, -0.2) is 27.8 Å². The van der Waals surface area contributed by atoms with Gasteiger partial charge >= 0.3 is 5.97 Å². The Balaban J connectivity index is 2.44. The first-order valence-electron chi connectivity index (χ1n) is 5.54. The summed E-state index contributed by atoms with van der Waals surface area (Å²) in [5, 5.41) is 19.3. The first kappa shape index (κ1) is 12.4. The summed E-state index contributed by atoms with van der Waals surface area (Å²) in [6, 6.07) is 1.45. The molecule has 0 aromatic carbocycles. The molecule has 0 radical (unpaired) electrons. The Morgan fingerprint density at radius 1 is 1.44 bits per heavy atom. The Hall–Kier alpha value is -1.65. The number of hydrogen-bond acceptors (Lipinski definition) is 4. The van der Waals surface area contributed by atoms with Gasteiger partial charge in [0.2, 0.25) is 0 Å². The van der Waals surface area contributed by atoms with Crippen LogP contribution in [0, 0.1) is 0 Å². The van der Waals surface area contributed by atoms with Crippen LogP contribution < -0.4 is 5.32 Å². The second-order valence-corrected chi connectivity index (χ2v) is 3.59. The van der Waals surface area contributed by atoms with Crippen LogP contribution in [0.2, 0.25) is 0 Å². The lowest BCUT2D eigenvalue weighted by molar-refractivity contribution is 0.0697. The van der Waals surface area contributed by atoms with Crippen molar-refractivity contribution < 1.29 is 9.90 Å². The summed E-state index contributed by atoms with van der Waals surface area (Å²) in [6.45, 7) is 2.89. The molecule has 0 amide bonds. The fourth-order valence-corrected chi connectivity index (χ4v) is 1.39. The Morgan fingerprint density at radius 3 is 2.94 bits per heavy atom. The number of nitrogens with one attached hydrogen (secondary N) is 1. The molecule has 0 bridgehead atoms. The summed E-state index contributed by atoms with van der Waals surface area (Å²) in [5.74, 6) is -0.627. The zero-order valence-corrected chi connectivity index (χ0v) is 9.44. The molecule has 5 nitrogen and oxygen atoms in total. The largest absolute Gasteiger partial charge is 0.478 e. The summed E-state index contributed by atoms with van der Waals surface area (Å²) in [4.78, 5) is 10.8. The smallest absolute Gasteiger partial charge is 0.339 e. The second-order valence-electron chi connectivity index (χ2n) is 3.59. The third-order valence-corrected chi connectivity index (χ3v) is 2.27. The molecule has 1 aromatic rings. The van der Waals surface area contributed by atoms with Gasteiger partial charge in [-0.05, 0) is 12.5 Å². The molecule has 1 rings (SSSR count). The topological polar surface area (TPSA) is 75.1 Å². The van der Waals surface area contributed by atoms with Gasteiger partial charge in [0.05, 0.1) is 6.20 Å². The molecule has 2 N–H and O–H groups in total. The number of carboxylic acid groups (broad SMARTS) is 1. The molecule has 0 fully saturated rings. The lowest BCUT2D eigenvalue weighted by Crippen LogP contribution is -2.10. The van der Waals surface area contributed by atoms with Gasteiger partial charge in [-0.25, -0.2) is 4.79 Å². The lowest BCUT2D eigenvalue weighted by Gasteiger charge is -2.06. The number of unbranched alkanes of at least 4 members (excludes halogenated alkanes) is 3. The quantitative estimate of drug-likeness (QED) is 0.693. The van der Waals surface area contributed by atoms with Gasteiger partial charge in [0.15, 0.2) is 5.82 Å². The number of rotatable bonds is 7. The third-order valence-electron chi connectivity index (χ3n) is 2.27. The predicted molar refractivity (Wildman–Crippen MR) is 61.6 cm³/mol. The maximum atomic E-state index is 10.8. The van der Waals surface area contributed by atoms with E-state index >= 15 is 0 Å². The van der Waals surface area contributed by atoms with E-state index < -0.39 is 5.97 Å². The Morgan fingerprint density at radius 2 is 2.25 bits per heavy atom. The molecule has 0 aliphatic carbocycles. The van der Waals surface area contributed by atoms with Crippen molar-refractivity contribution in [1.82, 2.24) is 10.2 Å². The Labute approximate surface area is 94.9 Å². The van der Waals surface area contributed by atoms with Gasteiger partial charge in [-0.3, -0.25) is 0 Å². The highest BCUT2D eigenvalue weighted by Crippen LogP contribution is 2.10. The maximum absolute atomic E-state index is 10.8. The minimum absolute atomic E-state index is 0.172. The number of carbonyl (C=O) groups is 1. The van der Waals surface area contributed by atoms with Gasteiger partial charge in [0, 0.05) is 6.54 Å². The summed E-state index contributed by atoms with van der Waals surface area (Å²) in [5.41, 5.74) is 0.172. The minimum atomic E-state index is -0.981. The fraction of sp³-hybridized carbons (Fsp3) is 0.545. The van der Waals surface area contributed by atoms with Crippen LogP contribution in [-0.2, 0) is 0 Å². The van der Waals surface area contributed by atoms with Gasteiger partial charge in [-0.2, -0.15) is 5.10 Å². The highest BCUT2D eigenvalue weighted by Gasteiger charge is 2.10. The average molecular weight is 223 g/mol. The molecule has 16 heavy (non-hydrogen) atoms. The van der Waals surface area contributed by atoms with Crippen LogP contribution in [0.25, 0.3) is 0 Å². The summed E-state index contributed by atoms with van der Waals surface area (Å²) in [7, 11) is 0. The zero-order valence-electron chi connectivity index (χ0n) is 9.44. The van der Waals surface area contributed by atoms with Crippen LogP contribution in [0.1, 0.15) is 43.0 Å². The van der Waals surface area contributed by atoms with Crippen molar-refractivity contribution in [2.24, 2.45) is 0 Å². The second kappa shape index (κ2) is 6.76. The van der Waals surface area contributed by atoms with E-state index in [0.29, 0.717) is 5.82 Å². The molecular formula is C11H17N3O2. The molecule has 0 saturated heterocycles. The van der Waals surface area contributed by atoms with Crippen molar-refractivity contribution in [2.75, 3.05) is 11.9 Å². The molecule has 5 heteroatoms. The number of aromatic carboxylic acids is 1. The van der Waals surface area contributed by atoms with Crippen molar-refractivity contribution in [1.29, 1.82) is 0 Å². The van der Waals surface area contributed by atoms with Crippen molar-refractivity contribution in [3.8, 4) is 0 Å². The molecule has 0 spiro atoms. The number of carboxylic acids is 1. The Bertz CT molecular complexity index is 342. The van der Waals surface area contributed by atoms with Crippen molar-refractivity contribution in [2.45, 2.75) is 32.6 Å². The molecule has 1 aromatic heterocycles. The highest BCUT2D eigenvalue weighted by molar-refractivity contribution is 5.92. The van der Waals surface area contributed by atoms with Gasteiger partial charge in [-0.15, -0.1) is 5.10 Å². The molecule has 88 valence electrons. The van der Waals surface area contributed by atoms with Crippen LogP contribution in [0.15, 0.2) is 12.3 Å².